The maximum absolute atomic E-state index is 5.45. The fourth-order valence-corrected chi connectivity index (χ4v) is 2.21. The number of rotatable bonds is 4. The summed E-state index contributed by atoms with van der Waals surface area (Å²) in [5.74, 6) is 0.862. The molecule has 0 radical (unpaired) electrons. The van der Waals surface area contributed by atoms with Crippen LogP contribution in [0.2, 0.25) is 0 Å². The quantitative estimate of drug-likeness (QED) is 0.794. The van der Waals surface area contributed by atoms with Crippen molar-refractivity contribution in [3.8, 4) is 5.69 Å². The van der Waals surface area contributed by atoms with E-state index in [1.165, 1.54) is 0 Å². The van der Waals surface area contributed by atoms with Crippen molar-refractivity contribution in [2.45, 2.75) is 13.5 Å². The standard InChI is InChI=1S/C13H12BrN5O/c1-9-2-3-10(6-12(9)19-8-16-17-18-19)15-7-11-4-5-13(14)20-11/h2-6,8,15H,7H2,1H3. The fourth-order valence-electron chi connectivity index (χ4n) is 1.87. The predicted molar refractivity (Wildman–Crippen MR) is 77.6 cm³/mol. The van der Waals surface area contributed by atoms with Gasteiger partial charge in [0.05, 0.1) is 12.2 Å². The summed E-state index contributed by atoms with van der Waals surface area (Å²) in [6.07, 6.45) is 1.58. The summed E-state index contributed by atoms with van der Waals surface area (Å²) in [6, 6.07) is 9.84. The molecule has 0 unspecified atom stereocenters. The molecule has 0 aliphatic heterocycles. The van der Waals surface area contributed by atoms with Crippen LogP contribution in [0.25, 0.3) is 5.69 Å². The van der Waals surface area contributed by atoms with Crippen LogP contribution in [0.1, 0.15) is 11.3 Å². The number of aryl methyl sites for hydroxylation is 1. The summed E-state index contributed by atoms with van der Waals surface area (Å²) >= 11 is 3.29. The molecule has 0 spiro atoms. The number of anilines is 1. The van der Waals surface area contributed by atoms with Crippen LogP contribution in [-0.4, -0.2) is 20.2 Å². The van der Waals surface area contributed by atoms with E-state index in [0.717, 1.165) is 27.4 Å². The molecule has 0 aliphatic carbocycles. The molecule has 2 heterocycles. The van der Waals surface area contributed by atoms with Gasteiger partial charge in [0, 0.05) is 5.69 Å². The van der Waals surface area contributed by atoms with Gasteiger partial charge in [-0.15, -0.1) is 5.10 Å². The van der Waals surface area contributed by atoms with Gasteiger partial charge in [0.2, 0.25) is 0 Å². The van der Waals surface area contributed by atoms with Crippen LogP contribution in [-0.2, 0) is 6.54 Å². The number of tetrazole rings is 1. The van der Waals surface area contributed by atoms with E-state index in [9.17, 15) is 0 Å². The second kappa shape index (κ2) is 5.46. The van der Waals surface area contributed by atoms with Gasteiger partial charge in [-0.1, -0.05) is 6.07 Å². The first-order valence-electron chi connectivity index (χ1n) is 6.04. The Morgan fingerprint density at radius 3 is 2.90 bits per heavy atom. The normalized spacial score (nSPS) is 10.7. The van der Waals surface area contributed by atoms with E-state index in [2.05, 4.69) is 36.8 Å². The van der Waals surface area contributed by atoms with Crippen LogP contribution >= 0.6 is 15.9 Å². The molecule has 102 valence electrons. The third kappa shape index (κ3) is 2.72. The topological polar surface area (TPSA) is 68.8 Å². The highest BCUT2D eigenvalue weighted by molar-refractivity contribution is 9.10. The third-order valence-corrected chi connectivity index (χ3v) is 3.33. The molecule has 20 heavy (non-hydrogen) atoms. The van der Waals surface area contributed by atoms with Crippen molar-refractivity contribution in [3.63, 3.8) is 0 Å². The Kier molecular flexibility index (Phi) is 3.51. The maximum atomic E-state index is 5.45. The van der Waals surface area contributed by atoms with E-state index in [0.29, 0.717) is 6.54 Å². The molecule has 0 amide bonds. The first kappa shape index (κ1) is 12.9. The van der Waals surface area contributed by atoms with Gasteiger partial charge in [-0.25, -0.2) is 4.68 Å². The van der Waals surface area contributed by atoms with E-state index >= 15 is 0 Å². The molecular weight excluding hydrogens is 322 g/mol. The van der Waals surface area contributed by atoms with E-state index in [1.54, 1.807) is 11.0 Å². The van der Waals surface area contributed by atoms with Crippen molar-refractivity contribution in [2.24, 2.45) is 0 Å². The Morgan fingerprint density at radius 1 is 1.30 bits per heavy atom. The summed E-state index contributed by atoms with van der Waals surface area (Å²) in [6.45, 7) is 2.63. The van der Waals surface area contributed by atoms with Crippen molar-refractivity contribution in [1.82, 2.24) is 20.2 Å². The number of hydrogen-bond donors (Lipinski definition) is 1. The van der Waals surface area contributed by atoms with Gasteiger partial charge in [0.25, 0.3) is 0 Å². The Labute approximate surface area is 123 Å². The van der Waals surface area contributed by atoms with E-state index < -0.39 is 0 Å². The maximum Gasteiger partial charge on any atom is 0.169 e. The molecule has 3 rings (SSSR count). The molecule has 0 aliphatic rings. The molecular formula is C13H12BrN5O. The minimum absolute atomic E-state index is 0.615. The lowest BCUT2D eigenvalue weighted by atomic mass is 10.2. The first-order valence-corrected chi connectivity index (χ1v) is 6.84. The van der Waals surface area contributed by atoms with Crippen molar-refractivity contribution in [2.75, 3.05) is 5.32 Å². The second-order valence-electron chi connectivity index (χ2n) is 4.32. The number of nitrogens with zero attached hydrogens (tertiary/aromatic N) is 4. The zero-order chi connectivity index (χ0) is 13.9. The van der Waals surface area contributed by atoms with Crippen LogP contribution in [0.4, 0.5) is 5.69 Å². The number of aromatic nitrogens is 4. The van der Waals surface area contributed by atoms with Crippen LogP contribution in [0.3, 0.4) is 0 Å². The van der Waals surface area contributed by atoms with Crippen molar-refractivity contribution < 1.29 is 4.42 Å². The number of nitrogens with one attached hydrogen (secondary N) is 1. The minimum atomic E-state index is 0.615. The van der Waals surface area contributed by atoms with Crippen LogP contribution in [0.5, 0.6) is 0 Å². The van der Waals surface area contributed by atoms with E-state index in [4.69, 9.17) is 4.42 Å². The van der Waals surface area contributed by atoms with E-state index in [1.807, 2.05) is 37.3 Å². The van der Waals surface area contributed by atoms with E-state index in [-0.39, 0.29) is 0 Å². The Morgan fingerprint density at radius 2 is 2.20 bits per heavy atom. The molecule has 0 atom stereocenters. The summed E-state index contributed by atoms with van der Waals surface area (Å²) < 4.78 is 7.82. The fraction of sp³-hybridized carbons (Fsp3) is 0.154. The number of hydrogen-bond acceptors (Lipinski definition) is 5. The Balaban J connectivity index is 1.79. The number of furan rings is 1. The molecule has 0 fully saturated rings. The lowest BCUT2D eigenvalue weighted by Gasteiger charge is -2.09. The molecule has 0 bridgehead atoms. The van der Waals surface area contributed by atoms with Crippen LogP contribution in [0.15, 0.2) is 45.7 Å². The average Bonchev–Trinajstić information content (AvgIpc) is 3.09. The lowest BCUT2D eigenvalue weighted by molar-refractivity contribution is 0.495. The molecule has 1 N–H and O–H groups in total. The largest absolute Gasteiger partial charge is 0.452 e. The monoisotopic (exact) mass is 333 g/mol. The second-order valence-corrected chi connectivity index (χ2v) is 5.10. The van der Waals surface area contributed by atoms with Gasteiger partial charge in [0.1, 0.15) is 12.1 Å². The molecule has 3 aromatic rings. The third-order valence-electron chi connectivity index (χ3n) is 2.90. The minimum Gasteiger partial charge on any atom is -0.452 e. The highest BCUT2D eigenvalue weighted by Gasteiger charge is 2.05. The SMILES string of the molecule is Cc1ccc(NCc2ccc(Br)o2)cc1-n1cnnn1. The molecule has 0 saturated carbocycles. The summed E-state index contributed by atoms with van der Waals surface area (Å²) in [7, 11) is 0. The smallest absolute Gasteiger partial charge is 0.169 e. The zero-order valence-electron chi connectivity index (χ0n) is 10.7. The van der Waals surface area contributed by atoms with Crippen LogP contribution in [0, 0.1) is 6.92 Å². The van der Waals surface area contributed by atoms with Gasteiger partial charge < -0.3 is 9.73 Å². The van der Waals surface area contributed by atoms with Gasteiger partial charge in [-0.05, 0) is 63.1 Å². The van der Waals surface area contributed by atoms with Crippen molar-refractivity contribution >= 4 is 21.6 Å². The number of benzene rings is 1. The first-order chi connectivity index (χ1) is 9.72. The molecule has 0 saturated heterocycles. The molecule has 1 aromatic carbocycles. The van der Waals surface area contributed by atoms with Gasteiger partial charge in [-0.3, -0.25) is 0 Å². The van der Waals surface area contributed by atoms with Crippen LogP contribution < -0.4 is 5.32 Å². The summed E-state index contributed by atoms with van der Waals surface area (Å²) in [5, 5.41) is 14.5. The predicted octanol–water partition coefficient (Wildman–Crippen LogP) is 2.94. The Bertz CT molecular complexity index is 707. The Hall–Kier alpha value is -2.15. The van der Waals surface area contributed by atoms with Gasteiger partial charge in [0.15, 0.2) is 4.67 Å². The summed E-state index contributed by atoms with van der Waals surface area (Å²) in [5.41, 5.74) is 3.03. The summed E-state index contributed by atoms with van der Waals surface area (Å²) in [4.78, 5) is 0. The molecule has 7 heteroatoms. The van der Waals surface area contributed by atoms with Gasteiger partial charge in [-0.2, -0.15) is 0 Å². The highest BCUT2D eigenvalue weighted by atomic mass is 79.9. The number of halogens is 1. The zero-order valence-corrected chi connectivity index (χ0v) is 12.3. The van der Waals surface area contributed by atoms with Crippen molar-refractivity contribution in [1.29, 1.82) is 0 Å². The average molecular weight is 334 g/mol. The highest BCUT2D eigenvalue weighted by Crippen LogP contribution is 2.20. The van der Waals surface area contributed by atoms with Crippen molar-refractivity contribution in [3.05, 3.63) is 52.7 Å². The molecule has 2 aromatic heterocycles. The lowest BCUT2D eigenvalue weighted by Crippen LogP contribution is -2.02. The van der Waals surface area contributed by atoms with Gasteiger partial charge >= 0.3 is 0 Å². The molecule has 6 nitrogen and oxygen atoms in total.